The molecule has 2 heterocycles. The molecule has 5 heteroatoms. The van der Waals surface area contributed by atoms with Gasteiger partial charge in [0.05, 0.1) is 12.1 Å². The van der Waals surface area contributed by atoms with E-state index in [0.29, 0.717) is 5.91 Å². The Balaban J connectivity index is 1.95. The predicted octanol–water partition coefficient (Wildman–Crippen LogP) is 0.0452. The third-order valence-corrected chi connectivity index (χ3v) is 4.55. The highest BCUT2D eigenvalue weighted by Gasteiger charge is 2.41. The maximum Gasteiger partial charge on any atom is 0.242 e. The van der Waals surface area contributed by atoms with Crippen molar-refractivity contribution in [3.8, 4) is 0 Å². The lowest BCUT2D eigenvalue weighted by Crippen LogP contribution is -2.55. The fourth-order valence-electron chi connectivity index (χ4n) is 3.28. The van der Waals surface area contributed by atoms with Crippen molar-refractivity contribution < 1.29 is 9.90 Å². The Morgan fingerprint density at radius 1 is 1.26 bits per heavy atom. The zero-order chi connectivity index (χ0) is 13.7. The number of hydrogen-bond donors (Lipinski definition) is 2. The zero-order valence-corrected chi connectivity index (χ0v) is 12.0. The van der Waals surface area contributed by atoms with Crippen LogP contribution in [0.15, 0.2) is 0 Å². The molecule has 0 aromatic heterocycles. The lowest BCUT2D eigenvalue weighted by molar-refractivity contribution is -0.137. The quantitative estimate of drug-likeness (QED) is 0.757. The van der Waals surface area contributed by atoms with Crippen molar-refractivity contribution in [1.82, 2.24) is 15.1 Å². The Labute approximate surface area is 115 Å². The van der Waals surface area contributed by atoms with Crippen LogP contribution in [-0.4, -0.2) is 72.2 Å². The number of amides is 1. The third kappa shape index (κ3) is 3.27. The summed E-state index contributed by atoms with van der Waals surface area (Å²) in [5.74, 6) is 0.290. The molecule has 2 aliphatic heterocycles. The molecule has 1 unspecified atom stereocenters. The van der Waals surface area contributed by atoms with E-state index in [4.69, 9.17) is 5.11 Å². The van der Waals surface area contributed by atoms with E-state index in [1.54, 1.807) is 0 Å². The Kier molecular flexibility index (Phi) is 5.19. The van der Waals surface area contributed by atoms with Crippen molar-refractivity contribution in [3.63, 3.8) is 0 Å². The average Bonchev–Trinajstić information content (AvgIpc) is 2.80. The third-order valence-electron chi connectivity index (χ3n) is 4.55. The average molecular weight is 269 g/mol. The van der Waals surface area contributed by atoms with Crippen LogP contribution < -0.4 is 5.32 Å². The maximum absolute atomic E-state index is 12.8. The number of nitrogens with one attached hydrogen (secondary N) is 1. The molecule has 5 nitrogen and oxygen atoms in total. The van der Waals surface area contributed by atoms with Crippen LogP contribution in [0.5, 0.6) is 0 Å². The lowest BCUT2D eigenvalue weighted by Gasteiger charge is -2.33. The van der Waals surface area contributed by atoms with E-state index < -0.39 is 0 Å². The molecule has 2 N–H and O–H groups in total. The Bertz CT molecular complexity index is 303. The van der Waals surface area contributed by atoms with E-state index in [0.717, 1.165) is 65.0 Å². The summed E-state index contributed by atoms with van der Waals surface area (Å²) in [6.45, 7) is 7.50. The van der Waals surface area contributed by atoms with E-state index in [-0.39, 0.29) is 12.1 Å². The molecule has 1 amide bonds. The van der Waals surface area contributed by atoms with Gasteiger partial charge < -0.3 is 15.3 Å². The van der Waals surface area contributed by atoms with Gasteiger partial charge in [-0.25, -0.2) is 0 Å². The van der Waals surface area contributed by atoms with Crippen LogP contribution in [0, 0.1) is 0 Å². The number of hydrogen-bond acceptors (Lipinski definition) is 4. The number of nitrogens with zero attached hydrogens (tertiary/aromatic N) is 2. The van der Waals surface area contributed by atoms with Gasteiger partial charge in [-0.3, -0.25) is 9.69 Å². The first-order valence-electron chi connectivity index (χ1n) is 7.59. The first-order chi connectivity index (χ1) is 9.22. The lowest BCUT2D eigenvalue weighted by atomic mass is 9.92. The largest absolute Gasteiger partial charge is 0.395 e. The first-order valence-corrected chi connectivity index (χ1v) is 7.59. The molecule has 19 heavy (non-hydrogen) atoms. The molecule has 0 aliphatic carbocycles. The van der Waals surface area contributed by atoms with Gasteiger partial charge in [0.1, 0.15) is 0 Å². The van der Waals surface area contributed by atoms with Crippen LogP contribution in [0.3, 0.4) is 0 Å². The number of rotatable bonds is 4. The Morgan fingerprint density at radius 2 is 2.11 bits per heavy atom. The van der Waals surface area contributed by atoms with Crippen LogP contribution in [0.1, 0.15) is 32.6 Å². The van der Waals surface area contributed by atoms with Crippen LogP contribution in [0.4, 0.5) is 0 Å². The van der Waals surface area contributed by atoms with Gasteiger partial charge in [0.15, 0.2) is 0 Å². The van der Waals surface area contributed by atoms with Gasteiger partial charge in [-0.1, -0.05) is 6.92 Å². The smallest absolute Gasteiger partial charge is 0.242 e. The molecule has 0 saturated carbocycles. The van der Waals surface area contributed by atoms with Gasteiger partial charge in [0.2, 0.25) is 5.91 Å². The van der Waals surface area contributed by atoms with Crippen LogP contribution in [0.25, 0.3) is 0 Å². The number of aliphatic hydroxyl groups excluding tert-OH is 1. The van der Waals surface area contributed by atoms with Crippen LogP contribution >= 0.6 is 0 Å². The molecule has 2 saturated heterocycles. The van der Waals surface area contributed by atoms with Crippen molar-refractivity contribution >= 4 is 5.91 Å². The predicted molar refractivity (Wildman–Crippen MR) is 75.0 cm³/mol. The van der Waals surface area contributed by atoms with E-state index in [1.807, 2.05) is 4.90 Å². The number of carbonyl (C=O) groups excluding carboxylic acids is 1. The Morgan fingerprint density at radius 3 is 2.74 bits per heavy atom. The first kappa shape index (κ1) is 14.8. The molecule has 0 radical (unpaired) electrons. The summed E-state index contributed by atoms with van der Waals surface area (Å²) in [4.78, 5) is 17.0. The highest BCUT2D eigenvalue weighted by Crippen LogP contribution is 2.26. The van der Waals surface area contributed by atoms with E-state index in [9.17, 15) is 4.79 Å². The summed E-state index contributed by atoms with van der Waals surface area (Å²) in [7, 11) is 0. The monoisotopic (exact) mass is 269 g/mol. The van der Waals surface area contributed by atoms with Gasteiger partial charge in [0.25, 0.3) is 0 Å². The maximum atomic E-state index is 12.8. The standard InChI is InChI=1S/C14H27N3O2/c1-2-14(5-3-6-15-14)13(19)17-8-4-7-16(9-10-17)11-12-18/h15,18H,2-12H2,1H3. The van der Waals surface area contributed by atoms with Gasteiger partial charge in [-0.05, 0) is 38.8 Å². The molecule has 1 atom stereocenters. The van der Waals surface area contributed by atoms with Crippen LogP contribution in [0.2, 0.25) is 0 Å². The summed E-state index contributed by atoms with van der Waals surface area (Å²) < 4.78 is 0. The normalized spacial score (nSPS) is 29.5. The van der Waals surface area contributed by atoms with Crippen molar-refractivity contribution in [1.29, 1.82) is 0 Å². The van der Waals surface area contributed by atoms with Gasteiger partial charge in [0, 0.05) is 26.2 Å². The molecular formula is C14H27N3O2. The van der Waals surface area contributed by atoms with Crippen LogP contribution in [-0.2, 0) is 4.79 Å². The van der Waals surface area contributed by atoms with Gasteiger partial charge in [-0.15, -0.1) is 0 Å². The summed E-state index contributed by atoms with van der Waals surface area (Å²) in [5.41, 5.74) is -0.299. The number of aliphatic hydroxyl groups is 1. The van der Waals surface area contributed by atoms with Crippen molar-refractivity contribution in [2.24, 2.45) is 0 Å². The molecule has 110 valence electrons. The van der Waals surface area contributed by atoms with Gasteiger partial charge >= 0.3 is 0 Å². The minimum absolute atomic E-state index is 0.203. The molecule has 2 aliphatic rings. The second-order valence-electron chi connectivity index (χ2n) is 5.68. The summed E-state index contributed by atoms with van der Waals surface area (Å²) in [5, 5.41) is 12.4. The number of carbonyl (C=O) groups is 1. The highest BCUT2D eigenvalue weighted by atomic mass is 16.3. The number of β-amino-alcohol motifs (C(OH)–C–C–N with tert-alkyl or cyclic N) is 1. The minimum atomic E-state index is -0.299. The topological polar surface area (TPSA) is 55.8 Å². The summed E-state index contributed by atoms with van der Waals surface area (Å²) in [6.07, 6.45) is 3.96. The SMILES string of the molecule is CCC1(C(=O)N2CCCN(CCO)CC2)CCCN1. The molecule has 0 bridgehead atoms. The van der Waals surface area contributed by atoms with E-state index in [2.05, 4.69) is 17.1 Å². The minimum Gasteiger partial charge on any atom is -0.395 e. The van der Waals surface area contributed by atoms with Gasteiger partial charge in [-0.2, -0.15) is 0 Å². The second kappa shape index (κ2) is 6.68. The molecule has 0 aromatic rings. The molecule has 0 aromatic carbocycles. The highest BCUT2D eigenvalue weighted by molar-refractivity contribution is 5.86. The van der Waals surface area contributed by atoms with Crippen molar-refractivity contribution in [2.45, 2.75) is 38.1 Å². The van der Waals surface area contributed by atoms with Crippen molar-refractivity contribution in [2.75, 3.05) is 45.9 Å². The van der Waals surface area contributed by atoms with E-state index in [1.165, 1.54) is 0 Å². The summed E-state index contributed by atoms with van der Waals surface area (Å²) in [6, 6.07) is 0. The molecule has 0 spiro atoms. The Hall–Kier alpha value is -0.650. The molecule has 2 rings (SSSR count). The van der Waals surface area contributed by atoms with Crippen molar-refractivity contribution in [3.05, 3.63) is 0 Å². The zero-order valence-electron chi connectivity index (χ0n) is 12.0. The fourth-order valence-corrected chi connectivity index (χ4v) is 3.28. The van der Waals surface area contributed by atoms with E-state index >= 15 is 0 Å². The second-order valence-corrected chi connectivity index (χ2v) is 5.68. The molecule has 2 fully saturated rings. The molecular weight excluding hydrogens is 242 g/mol. The summed E-state index contributed by atoms with van der Waals surface area (Å²) >= 11 is 0. The fraction of sp³-hybridized carbons (Fsp3) is 0.929.